The molecule has 1 rings (SSSR count). The van der Waals surface area contributed by atoms with Gasteiger partial charge >= 0.3 is 5.82 Å². The zero-order valence-electron chi connectivity index (χ0n) is 14.7. The smallest absolute Gasteiger partial charge is 0.321 e. The quantitative estimate of drug-likeness (QED) is 0.351. The van der Waals surface area contributed by atoms with Gasteiger partial charge in [0.1, 0.15) is 0 Å². The number of nitrogens with zero attached hydrogens (tertiary/aromatic N) is 1. The highest BCUT2D eigenvalue weighted by Crippen LogP contribution is 2.15. The van der Waals surface area contributed by atoms with Crippen LogP contribution in [0.4, 0.5) is 5.82 Å². The van der Waals surface area contributed by atoms with Crippen LogP contribution in [0.15, 0.2) is 47.2 Å². The third-order valence-corrected chi connectivity index (χ3v) is 3.73. The summed E-state index contributed by atoms with van der Waals surface area (Å²) in [7, 11) is 0. The van der Waals surface area contributed by atoms with Gasteiger partial charge in [0.25, 0.3) is 0 Å². The molecule has 0 aliphatic heterocycles. The topological polar surface area (TPSA) is 58.9 Å². The number of H-pyrrole nitrogens is 1. The Morgan fingerprint density at radius 2 is 1.70 bits per heavy atom. The van der Waals surface area contributed by atoms with Gasteiger partial charge in [0, 0.05) is 11.6 Å². The standard InChI is InChI=1S/C19H28N2O2/c1-15(2)7-5-8-16(3)9-6-10-17(4)11-12-18-13-19(20-14-18)21(22)23/h7,9,11,13-14,20H,5-6,8,10,12H2,1-4H3. The zero-order valence-corrected chi connectivity index (χ0v) is 14.7. The van der Waals surface area contributed by atoms with Gasteiger partial charge in [0.05, 0.1) is 6.20 Å². The molecule has 0 aromatic carbocycles. The normalized spacial score (nSPS) is 12.3. The average molecular weight is 316 g/mol. The van der Waals surface area contributed by atoms with Crippen molar-refractivity contribution in [2.24, 2.45) is 0 Å². The number of allylic oxidation sites excluding steroid dienone is 6. The molecule has 4 nitrogen and oxygen atoms in total. The van der Waals surface area contributed by atoms with E-state index < -0.39 is 4.92 Å². The van der Waals surface area contributed by atoms with Crippen LogP contribution in [0.3, 0.4) is 0 Å². The second-order valence-corrected chi connectivity index (χ2v) is 6.31. The minimum atomic E-state index is -0.400. The first-order valence-corrected chi connectivity index (χ1v) is 8.14. The van der Waals surface area contributed by atoms with Gasteiger partial charge in [0.2, 0.25) is 0 Å². The fraction of sp³-hybridized carbons (Fsp3) is 0.474. The summed E-state index contributed by atoms with van der Waals surface area (Å²) in [5, 5.41) is 10.6. The van der Waals surface area contributed by atoms with Gasteiger partial charge in [-0.15, -0.1) is 0 Å². The van der Waals surface area contributed by atoms with Gasteiger partial charge in [-0.1, -0.05) is 34.9 Å². The van der Waals surface area contributed by atoms with E-state index in [1.165, 1.54) is 16.7 Å². The first-order valence-electron chi connectivity index (χ1n) is 8.14. The molecule has 0 fully saturated rings. The van der Waals surface area contributed by atoms with E-state index in [0.717, 1.165) is 37.7 Å². The maximum Gasteiger partial charge on any atom is 0.321 e. The van der Waals surface area contributed by atoms with Crippen molar-refractivity contribution in [1.29, 1.82) is 0 Å². The molecule has 1 aromatic rings. The Morgan fingerprint density at radius 1 is 1.09 bits per heavy atom. The summed E-state index contributed by atoms with van der Waals surface area (Å²) in [5.41, 5.74) is 5.09. The van der Waals surface area contributed by atoms with Crippen molar-refractivity contribution in [3.63, 3.8) is 0 Å². The summed E-state index contributed by atoms with van der Waals surface area (Å²) >= 11 is 0. The molecule has 0 unspecified atom stereocenters. The third-order valence-electron chi connectivity index (χ3n) is 3.73. The highest BCUT2D eigenvalue weighted by Gasteiger charge is 2.06. The van der Waals surface area contributed by atoms with Gasteiger partial charge in [0.15, 0.2) is 0 Å². The summed E-state index contributed by atoms with van der Waals surface area (Å²) in [6.45, 7) is 8.57. The van der Waals surface area contributed by atoms with Crippen molar-refractivity contribution in [3.05, 3.63) is 62.9 Å². The molecule has 0 amide bonds. The monoisotopic (exact) mass is 316 g/mol. The van der Waals surface area contributed by atoms with Crippen LogP contribution in [0.2, 0.25) is 0 Å². The summed E-state index contributed by atoms with van der Waals surface area (Å²) in [5.74, 6) is 0.0565. The minimum Gasteiger partial charge on any atom is -0.358 e. The summed E-state index contributed by atoms with van der Waals surface area (Å²) < 4.78 is 0. The Balaban J connectivity index is 2.35. The lowest BCUT2D eigenvalue weighted by atomic mass is 10.1. The molecule has 0 aliphatic rings. The van der Waals surface area contributed by atoms with Gasteiger partial charge < -0.3 is 10.1 Å². The van der Waals surface area contributed by atoms with Crippen molar-refractivity contribution in [2.45, 2.75) is 59.8 Å². The van der Waals surface area contributed by atoms with Crippen LogP contribution in [-0.4, -0.2) is 9.91 Å². The Morgan fingerprint density at radius 3 is 2.26 bits per heavy atom. The van der Waals surface area contributed by atoms with Crippen molar-refractivity contribution in [1.82, 2.24) is 4.98 Å². The van der Waals surface area contributed by atoms with Gasteiger partial charge in [-0.2, -0.15) is 0 Å². The molecular formula is C19H28N2O2. The first kappa shape index (κ1) is 18.9. The molecule has 0 saturated heterocycles. The number of hydrogen-bond acceptors (Lipinski definition) is 2. The first-order chi connectivity index (χ1) is 10.9. The SMILES string of the molecule is CC(C)=CCCC(C)=CCCC(C)=CCc1c[nH]c([N+](=O)[O-])c1. The molecule has 1 N–H and O–H groups in total. The number of aromatic nitrogens is 1. The minimum absolute atomic E-state index is 0.0565. The van der Waals surface area contributed by atoms with Crippen LogP contribution in [0.1, 0.15) is 58.9 Å². The van der Waals surface area contributed by atoms with Crippen LogP contribution in [0.25, 0.3) is 0 Å². The van der Waals surface area contributed by atoms with Crippen molar-refractivity contribution >= 4 is 5.82 Å². The maximum absolute atomic E-state index is 10.6. The lowest BCUT2D eigenvalue weighted by molar-refractivity contribution is -0.389. The van der Waals surface area contributed by atoms with Gasteiger partial charge in [-0.05, 0) is 64.7 Å². The fourth-order valence-corrected chi connectivity index (χ4v) is 2.28. The summed E-state index contributed by atoms with van der Waals surface area (Å²) in [4.78, 5) is 12.9. The molecule has 126 valence electrons. The molecule has 1 aromatic heterocycles. The molecule has 0 radical (unpaired) electrons. The predicted molar refractivity (Wildman–Crippen MR) is 96.6 cm³/mol. The summed E-state index contributed by atoms with van der Waals surface area (Å²) in [6, 6.07) is 1.59. The molecule has 0 spiro atoms. The largest absolute Gasteiger partial charge is 0.358 e. The van der Waals surface area contributed by atoms with Gasteiger partial charge in [-0.3, -0.25) is 0 Å². The third kappa shape index (κ3) is 8.19. The van der Waals surface area contributed by atoms with Crippen LogP contribution >= 0.6 is 0 Å². The van der Waals surface area contributed by atoms with Crippen LogP contribution < -0.4 is 0 Å². The van der Waals surface area contributed by atoms with E-state index >= 15 is 0 Å². The van der Waals surface area contributed by atoms with Crippen molar-refractivity contribution < 1.29 is 4.92 Å². The van der Waals surface area contributed by atoms with E-state index in [0.29, 0.717) is 0 Å². The predicted octanol–water partition coefficient (Wildman–Crippen LogP) is 5.88. The number of aromatic amines is 1. The van der Waals surface area contributed by atoms with E-state index in [9.17, 15) is 10.1 Å². The van der Waals surface area contributed by atoms with E-state index in [1.807, 2.05) is 0 Å². The molecular weight excluding hydrogens is 288 g/mol. The average Bonchev–Trinajstić information content (AvgIpc) is 2.94. The molecule has 23 heavy (non-hydrogen) atoms. The highest BCUT2D eigenvalue weighted by molar-refractivity contribution is 5.28. The molecule has 1 heterocycles. The van der Waals surface area contributed by atoms with Crippen LogP contribution in [-0.2, 0) is 6.42 Å². The number of nitrogens with one attached hydrogen (secondary N) is 1. The molecule has 0 bridgehead atoms. The van der Waals surface area contributed by atoms with Crippen molar-refractivity contribution in [3.8, 4) is 0 Å². The molecule has 4 heteroatoms. The maximum atomic E-state index is 10.6. The zero-order chi connectivity index (χ0) is 17.2. The Hall–Kier alpha value is -2.10. The second-order valence-electron chi connectivity index (χ2n) is 6.31. The van der Waals surface area contributed by atoms with E-state index in [-0.39, 0.29) is 5.82 Å². The van der Waals surface area contributed by atoms with E-state index in [4.69, 9.17) is 0 Å². The van der Waals surface area contributed by atoms with Crippen molar-refractivity contribution in [2.75, 3.05) is 0 Å². The number of rotatable bonds is 9. The number of hydrogen-bond donors (Lipinski definition) is 1. The Labute approximate surface area is 139 Å². The molecule has 0 atom stereocenters. The van der Waals surface area contributed by atoms with Crippen LogP contribution in [0.5, 0.6) is 0 Å². The summed E-state index contributed by atoms with van der Waals surface area (Å²) in [6.07, 6.45) is 13.5. The lowest BCUT2D eigenvalue weighted by Gasteiger charge is -2.01. The number of nitro groups is 1. The second kappa shape index (κ2) is 9.82. The molecule has 0 aliphatic carbocycles. The van der Waals surface area contributed by atoms with Crippen LogP contribution in [0, 0.1) is 10.1 Å². The van der Waals surface area contributed by atoms with E-state index in [1.54, 1.807) is 12.3 Å². The molecule has 0 saturated carbocycles. The highest BCUT2D eigenvalue weighted by atomic mass is 16.6. The Kier molecular flexibility index (Phi) is 8.09. The Bertz CT molecular complexity index is 603. The van der Waals surface area contributed by atoms with Gasteiger partial charge in [-0.25, -0.2) is 4.98 Å². The lowest BCUT2D eigenvalue weighted by Crippen LogP contribution is -1.85. The fourth-order valence-electron chi connectivity index (χ4n) is 2.28. The van der Waals surface area contributed by atoms with E-state index in [2.05, 4.69) is 50.9 Å².